The Morgan fingerprint density at radius 1 is 1.42 bits per heavy atom. The number of anilines is 1. The normalized spacial score (nSPS) is 10.2. The van der Waals surface area contributed by atoms with Gasteiger partial charge in [-0.3, -0.25) is 0 Å². The number of nitrogens with zero attached hydrogens (tertiary/aromatic N) is 2. The zero-order valence-electron chi connectivity index (χ0n) is 13.2. The number of thioether (sulfide) groups is 1. The smallest absolute Gasteiger partial charge is 0.127 e. The van der Waals surface area contributed by atoms with E-state index in [0.717, 1.165) is 32.3 Å². The Morgan fingerprint density at radius 2 is 2.29 bits per heavy atom. The van der Waals surface area contributed by atoms with Crippen LogP contribution >= 0.6 is 54.5 Å². The van der Waals surface area contributed by atoms with Gasteiger partial charge in [0.15, 0.2) is 0 Å². The Labute approximate surface area is 162 Å². The van der Waals surface area contributed by atoms with Crippen molar-refractivity contribution < 1.29 is 0 Å². The van der Waals surface area contributed by atoms with Crippen LogP contribution in [-0.2, 0) is 5.75 Å². The molecule has 126 valence electrons. The van der Waals surface area contributed by atoms with Gasteiger partial charge in [0.1, 0.15) is 15.7 Å². The molecule has 0 aliphatic carbocycles. The van der Waals surface area contributed by atoms with Crippen molar-refractivity contribution in [1.29, 1.82) is 0 Å². The molecule has 2 heterocycles. The van der Waals surface area contributed by atoms with E-state index in [1.165, 1.54) is 4.88 Å². The summed E-state index contributed by atoms with van der Waals surface area (Å²) >= 11 is 3.38. The standard InChI is InChI=1S/C16H17N3S5/c1-3-4-5-8-14-12(2)23-15(19-14)10-21-24-22-11-20-16-13(17)7-6-9-18-16/h3,6-7,9H,1,4,10-11,17H2,2H3. The van der Waals surface area contributed by atoms with Gasteiger partial charge in [-0.05, 0) is 34.8 Å². The summed E-state index contributed by atoms with van der Waals surface area (Å²) in [6.07, 6.45) is 4.27. The molecule has 3 nitrogen and oxygen atoms in total. The summed E-state index contributed by atoms with van der Waals surface area (Å²) in [6.45, 7) is 5.74. The van der Waals surface area contributed by atoms with Gasteiger partial charge in [0.25, 0.3) is 0 Å². The zero-order valence-corrected chi connectivity index (χ0v) is 17.2. The second-order valence-electron chi connectivity index (χ2n) is 4.42. The number of nitrogen functional groups attached to an aromatic ring is 1. The van der Waals surface area contributed by atoms with Gasteiger partial charge in [-0.2, -0.15) is 0 Å². The summed E-state index contributed by atoms with van der Waals surface area (Å²) in [6, 6.07) is 3.73. The number of nitrogens with two attached hydrogens (primary N) is 1. The van der Waals surface area contributed by atoms with Crippen molar-refractivity contribution in [2.45, 2.75) is 24.1 Å². The van der Waals surface area contributed by atoms with Gasteiger partial charge in [-0.1, -0.05) is 45.3 Å². The molecular formula is C16H17N3S5. The third-order valence-electron chi connectivity index (χ3n) is 2.62. The lowest BCUT2D eigenvalue weighted by molar-refractivity contribution is 1.15. The van der Waals surface area contributed by atoms with Crippen molar-refractivity contribution in [3.8, 4) is 11.8 Å². The molecule has 2 aromatic heterocycles. The lowest BCUT2D eigenvalue weighted by Gasteiger charge is -2.02. The molecule has 2 rings (SSSR count). The molecule has 0 spiro atoms. The van der Waals surface area contributed by atoms with Gasteiger partial charge in [0.2, 0.25) is 0 Å². The van der Waals surface area contributed by atoms with Gasteiger partial charge in [0.05, 0.1) is 16.5 Å². The van der Waals surface area contributed by atoms with Crippen LogP contribution in [0.2, 0.25) is 0 Å². The van der Waals surface area contributed by atoms with Crippen molar-refractivity contribution in [3.05, 3.63) is 46.6 Å². The third kappa shape index (κ3) is 6.65. The van der Waals surface area contributed by atoms with Gasteiger partial charge < -0.3 is 5.73 Å². The van der Waals surface area contributed by atoms with E-state index in [9.17, 15) is 0 Å². The van der Waals surface area contributed by atoms with Crippen LogP contribution < -0.4 is 5.73 Å². The van der Waals surface area contributed by atoms with E-state index in [0.29, 0.717) is 6.42 Å². The molecule has 0 atom stereocenters. The van der Waals surface area contributed by atoms with Crippen LogP contribution in [0.15, 0.2) is 36.0 Å². The monoisotopic (exact) mass is 411 g/mol. The van der Waals surface area contributed by atoms with Crippen LogP contribution in [0, 0.1) is 18.8 Å². The highest BCUT2D eigenvalue weighted by molar-refractivity contribution is 9.09. The van der Waals surface area contributed by atoms with E-state index < -0.39 is 0 Å². The Morgan fingerprint density at radius 3 is 3.08 bits per heavy atom. The molecule has 2 aromatic rings. The van der Waals surface area contributed by atoms with E-state index >= 15 is 0 Å². The van der Waals surface area contributed by atoms with Gasteiger partial charge in [-0.15, -0.1) is 17.9 Å². The number of hydrogen-bond donors (Lipinski definition) is 1. The molecule has 0 aliphatic heterocycles. The maximum Gasteiger partial charge on any atom is 0.127 e. The quantitative estimate of drug-likeness (QED) is 0.151. The minimum atomic E-state index is 0.700. The predicted octanol–water partition coefficient (Wildman–Crippen LogP) is 5.64. The molecule has 0 aliphatic rings. The summed E-state index contributed by atoms with van der Waals surface area (Å²) in [5.41, 5.74) is 7.51. The second-order valence-corrected chi connectivity index (χ2v) is 11.3. The van der Waals surface area contributed by atoms with Crippen LogP contribution in [0.25, 0.3) is 0 Å². The molecule has 0 saturated carbocycles. The summed E-state index contributed by atoms with van der Waals surface area (Å²) in [7, 11) is 5.35. The number of thiazole rings is 1. The van der Waals surface area contributed by atoms with Crippen LogP contribution in [-0.4, -0.2) is 15.1 Å². The number of aromatic nitrogens is 2. The first-order chi connectivity index (χ1) is 11.7. The molecular weight excluding hydrogens is 395 g/mol. The van der Waals surface area contributed by atoms with E-state index in [2.05, 4.69) is 35.3 Å². The average molecular weight is 412 g/mol. The maximum atomic E-state index is 5.87. The Kier molecular flexibility index (Phi) is 8.99. The molecule has 0 radical (unpaired) electrons. The molecule has 0 aromatic carbocycles. The topological polar surface area (TPSA) is 51.8 Å². The minimum absolute atomic E-state index is 0.700. The molecule has 24 heavy (non-hydrogen) atoms. The minimum Gasteiger partial charge on any atom is -0.397 e. The number of aryl methyl sites for hydroxylation is 1. The molecule has 0 unspecified atom stereocenters. The van der Waals surface area contributed by atoms with E-state index in [1.54, 1.807) is 66.8 Å². The van der Waals surface area contributed by atoms with E-state index in [1.807, 2.05) is 12.1 Å². The lowest BCUT2D eigenvalue weighted by atomic mass is 10.3. The first kappa shape index (κ1) is 19.6. The van der Waals surface area contributed by atoms with Crippen LogP contribution in [0.3, 0.4) is 0 Å². The van der Waals surface area contributed by atoms with Crippen molar-refractivity contribution in [2.75, 3.05) is 10.8 Å². The molecule has 0 bridgehead atoms. The summed E-state index contributed by atoms with van der Waals surface area (Å²) < 4.78 is 0. The highest BCUT2D eigenvalue weighted by Crippen LogP contribution is 2.40. The molecule has 0 saturated heterocycles. The fourth-order valence-corrected chi connectivity index (χ4v) is 7.91. The van der Waals surface area contributed by atoms with Crippen LogP contribution in [0.1, 0.15) is 22.0 Å². The largest absolute Gasteiger partial charge is 0.397 e. The predicted molar refractivity (Wildman–Crippen MR) is 114 cm³/mol. The van der Waals surface area contributed by atoms with Crippen molar-refractivity contribution >= 4 is 60.2 Å². The second kappa shape index (κ2) is 11.0. The van der Waals surface area contributed by atoms with Gasteiger partial charge in [-0.25, -0.2) is 9.97 Å². The molecule has 8 heteroatoms. The van der Waals surface area contributed by atoms with Gasteiger partial charge >= 0.3 is 0 Å². The maximum absolute atomic E-state index is 5.87. The van der Waals surface area contributed by atoms with Crippen molar-refractivity contribution in [2.24, 2.45) is 0 Å². The fourth-order valence-electron chi connectivity index (χ4n) is 1.57. The highest BCUT2D eigenvalue weighted by atomic mass is 33.5. The Balaban J connectivity index is 1.68. The molecule has 0 fully saturated rings. The molecule has 0 amide bonds. The van der Waals surface area contributed by atoms with Crippen LogP contribution in [0.4, 0.5) is 5.69 Å². The summed E-state index contributed by atoms with van der Waals surface area (Å²) in [5, 5.41) is 2.93. The van der Waals surface area contributed by atoms with E-state index in [4.69, 9.17) is 5.73 Å². The molecule has 2 N–H and O–H groups in total. The Bertz CT molecular complexity index is 733. The zero-order chi connectivity index (χ0) is 17.2. The Hall–Kier alpha value is -0.720. The number of hydrogen-bond acceptors (Lipinski definition) is 8. The lowest BCUT2D eigenvalue weighted by Crippen LogP contribution is -1.90. The number of pyridine rings is 1. The number of rotatable bonds is 8. The average Bonchev–Trinajstić information content (AvgIpc) is 2.92. The fraction of sp³-hybridized carbons (Fsp3) is 0.250. The summed E-state index contributed by atoms with van der Waals surface area (Å²) in [4.78, 5) is 10.0. The third-order valence-corrected chi connectivity index (χ3v) is 9.35. The van der Waals surface area contributed by atoms with Gasteiger partial charge in [0, 0.05) is 17.5 Å². The highest BCUT2D eigenvalue weighted by Gasteiger charge is 2.06. The summed E-state index contributed by atoms with van der Waals surface area (Å²) in [5.74, 6) is 7.05. The SMILES string of the molecule is C=CCC#Cc1nc(CSSSCSc2ncccc2N)sc1C. The first-order valence-electron chi connectivity index (χ1n) is 7.01. The number of allylic oxidation sites excluding steroid dienone is 1. The van der Waals surface area contributed by atoms with Crippen molar-refractivity contribution in [3.63, 3.8) is 0 Å². The van der Waals surface area contributed by atoms with Crippen molar-refractivity contribution in [1.82, 2.24) is 9.97 Å². The van der Waals surface area contributed by atoms with E-state index in [-0.39, 0.29) is 0 Å². The van der Waals surface area contributed by atoms with Crippen LogP contribution in [0.5, 0.6) is 0 Å². The first-order valence-corrected chi connectivity index (χ1v) is 12.6.